The van der Waals surface area contributed by atoms with Crippen LogP contribution in [0.5, 0.6) is 0 Å². The number of aromatic nitrogens is 4. The molecule has 196 valence electrons. The molecule has 0 aromatic carbocycles. The summed E-state index contributed by atoms with van der Waals surface area (Å²) in [6.07, 6.45) is -3.97. The van der Waals surface area contributed by atoms with Crippen molar-refractivity contribution in [2.45, 2.75) is 19.3 Å². The zero-order valence-corrected chi connectivity index (χ0v) is 19.3. The van der Waals surface area contributed by atoms with Crippen LogP contribution in [0.2, 0.25) is 0 Å². The highest BCUT2D eigenvalue weighted by molar-refractivity contribution is 5.98. The summed E-state index contributed by atoms with van der Waals surface area (Å²) in [4.78, 5) is 46.5. The van der Waals surface area contributed by atoms with E-state index < -0.39 is 41.6 Å². The van der Waals surface area contributed by atoms with Crippen LogP contribution < -0.4 is 10.9 Å². The normalized spacial score (nSPS) is 16.4. The van der Waals surface area contributed by atoms with E-state index >= 15 is 0 Å². The number of halogens is 4. The maximum Gasteiger partial charge on any atom is 0.435 e. The van der Waals surface area contributed by atoms with Crippen LogP contribution >= 0.6 is 0 Å². The van der Waals surface area contributed by atoms with Crippen LogP contribution in [0.4, 0.5) is 23.4 Å². The second kappa shape index (κ2) is 9.55. The summed E-state index contributed by atoms with van der Waals surface area (Å²) in [5.41, 5.74) is -2.78. The molecular weight excluding hydrogens is 502 g/mol. The topological polar surface area (TPSA) is 114 Å². The van der Waals surface area contributed by atoms with Crippen molar-refractivity contribution in [3.8, 4) is 0 Å². The summed E-state index contributed by atoms with van der Waals surface area (Å²) in [7, 11) is 0. The van der Waals surface area contributed by atoms with Gasteiger partial charge in [-0.2, -0.15) is 22.8 Å². The van der Waals surface area contributed by atoms with E-state index in [1.54, 1.807) is 0 Å². The number of fused-ring (bicyclic) bond motifs is 2. The number of pyridine rings is 1. The van der Waals surface area contributed by atoms with Crippen LogP contribution in [-0.4, -0.2) is 80.2 Å². The van der Waals surface area contributed by atoms with Gasteiger partial charge in [0.2, 0.25) is 5.91 Å². The molecule has 0 aliphatic carbocycles. The lowest BCUT2D eigenvalue weighted by atomic mass is 10.2. The van der Waals surface area contributed by atoms with Crippen LogP contribution in [0.15, 0.2) is 29.2 Å². The minimum Gasteiger partial charge on any atom is -0.379 e. The maximum atomic E-state index is 13.4. The van der Waals surface area contributed by atoms with Gasteiger partial charge in [0, 0.05) is 32.2 Å². The number of hydrogen-bond donors (Lipinski definition) is 1. The molecule has 5 heterocycles. The third-order valence-corrected chi connectivity index (χ3v) is 6.19. The second-order valence-electron chi connectivity index (χ2n) is 8.61. The number of nitrogens with zero attached hydrogens (tertiary/aromatic N) is 6. The molecule has 0 unspecified atom stereocenters. The molecule has 0 atom stereocenters. The molecule has 3 aromatic rings. The van der Waals surface area contributed by atoms with Gasteiger partial charge in [-0.15, -0.1) is 0 Å². The smallest absolute Gasteiger partial charge is 0.379 e. The standard InChI is InChI=1S/C22H21F4N7O4/c23-13-1-2-16(27-10-13)28-17(34)12-32-18-9-15(22(24,25)26)29-33(18)20(35)14-11-31(21(36)19(14)32)4-3-30-5-7-37-8-6-30/h1-2,9-10H,3-8,11-12H2,(H,27,28,34). The van der Waals surface area contributed by atoms with Crippen molar-refractivity contribution in [1.82, 2.24) is 29.0 Å². The Bertz CT molecular complexity index is 1410. The summed E-state index contributed by atoms with van der Waals surface area (Å²) in [6, 6.07) is 2.90. The molecule has 0 spiro atoms. The molecular formula is C22H21F4N7O4. The Morgan fingerprint density at radius 3 is 2.57 bits per heavy atom. The Labute approximate surface area is 206 Å². The first-order valence-electron chi connectivity index (χ1n) is 11.4. The van der Waals surface area contributed by atoms with Crippen molar-refractivity contribution in [1.29, 1.82) is 0 Å². The molecule has 0 bridgehead atoms. The van der Waals surface area contributed by atoms with Gasteiger partial charge in [0.15, 0.2) is 5.69 Å². The van der Waals surface area contributed by atoms with E-state index in [4.69, 9.17) is 4.74 Å². The lowest BCUT2D eigenvalue weighted by molar-refractivity contribution is -0.141. The zero-order chi connectivity index (χ0) is 26.3. The van der Waals surface area contributed by atoms with Crippen molar-refractivity contribution >= 4 is 23.3 Å². The monoisotopic (exact) mass is 523 g/mol. The first-order valence-corrected chi connectivity index (χ1v) is 11.4. The summed E-state index contributed by atoms with van der Waals surface area (Å²) >= 11 is 0. The van der Waals surface area contributed by atoms with Crippen LogP contribution in [0, 0.1) is 5.82 Å². The van der Waals surface area contributed by atoms with Crippen molar-refractivity contribution in [3.05, 3.63) is 57.5 Å². The average Bonchev–Trinajstić information content (AvgIpc) is 3.45. The molecule has 3 aromatic heterocycles. The minimum absolute atomic E-state index is 0.00284. The number of amides is 2. The number of ether oxygens (including phenoxy) is 1. The van der Waals surface area contributed by atoms with Crippen molar-refractivity contribution in [3.63, 3.8) is 0 Å². The van der Waals surface area contributed by atoms with E-state index in [2.05, 4.69) is 20.3 Å². The fourth-order valence-electron chi connectivity index (χ4n) is 4.36. The number of anilines is 1. The molecule has 1 fully saturated rings. The largest absolute Gasteiger partial charge is 0.435 e. The molecule has 0 radical (unpaired) electrons. The molecule has 11 nitrogen and oxygen atoms in total. The lowest BCUT2D eigenvalue weighted by Crippen LogP contribution is -2.41. The molecule has 1 N–H and O–H groups in total. The lowest BCUT2D eigenvalue weighted by Gasteiger charge is -2.28. The predicted octanol–water partition coefficient (Wildman–Crippen LogP) is 0.976. The fraction of sp³-hybridized carbons (Fsp3) is 0.409. The Morgan fingerprint density at radius 1 is 1.14 bits per heavy atom. The van der Waals surface area contributed by atoms with Gasteiger partial charge in [-0.3, -0.25) is 19.3 Å². The van der Waals surface area contributed by atoms with Crippen molar-refractivity contribution < 1.29 is 31.9 Å². The molecule has 0 saturated carbocycles. The highest BCUT2D eigenvalue weighted by Gasteiger charge is 2.39. The predicted molar refractivity (Wildman–Crippen MR) is 119 cm³/mol. The molecule has 15 heteroatoms. The number of alkyl halides is 3. The van der Waals surface area contributed by atoms with Gasteiger partial charge >= 0.3 is 6.18 Å². The zero-order valence-electron chi connectivity index (χ0n) is 19.3. The van der Waals surface area contributed by atoms with Gasteiger partial charge in [0.1, 0.15) is 29.5 Å². The Hall–Kier alpha value is -3.85. The van der Waals surface area contributed by atoms with Gasteiger partial charge in [0.05, 0.1) is 31.5 Å². The van der Waals surface area contributed by atoms with E-state index in [0.717, 1.165) is 16.8 Å². The number of hydrogen-bond acceptors (Lipinski definition) is 7. The minimum atomic E-state index is -4.85. The van der Waals surface area contributed by atoms with E-state index in [1.165, 1.54) is 11.0 Å². The van der Waals surface area contributed by atoms with Gasteiger partial charge in [-0.05, 0) is 12.1 Å². The van der Waals surface area contributed by atoms with Gasteiger partial charge in [-0.1, -0.05) is 0 Å². The van der Waals surface area contributed by atoms with Crippen molar-refractivity contribution in [2.24, 2.45) is 0 Å². The third kappa shape index (κ3) is 4.91. The summed E-state index contributed by atoms with van der Waals surface area (Å²) in [5, 5.41) is 5.82. The molecule has 37 heavy (non-hydrogen) atoms. The first kappa shape index (κ1) is 24.8. The summed E-state index contributed by atoms with van der Waals surface area (Å²) < 4.78 is 60.2. The van der Waals surface area contributed by atoms with Crippen molar-refractivity contribution in [2.75, 3.05) is 44.7 Å². The van der Waals surface area contributed by atoms with E-state index in [9.17, 15) is 31.9 Å². The molecule has 5 rings (SSSR count). The fourth-order valence-corrected chi connectivity index (χ4v) is 4.36. The van der Waals surface area contributed by atoms with Crippen LogP contribution in [0.1, 0.15) is 21.7 Å². The summed E-state index contributed by atoms with van der Waals surface area (Å²) in [6.45, 7) is 2.55. The van der Waals surface area contributed by atoms with Crippen LogP contribution in [-0.2, 0) is 28.8 Å². The number of nitrogens with one attached hydrogen (secondary N) is 1. The first-order chi connectivity index (χ1) is 17.6. The number of morpholine rings is 1. The van der Waals surface area contributed by atoms with E-state index in [1.807, 2.05) is 0 Å². The highest BCUT2D eigenvalue weighted by atomic mass is 19.4. The Morgan fingerprint density at radius 2 is 1.89 bits per heavy atom. The molecule has 2 aliphatic heterocycles. The third-order valence-electron chi connectivity index (χ3n) is 6.19. The van der Waals surface area contributed by atoms with E-state index in [0.29, 0.717) is 43.4 Å². The average molecular weight is 523 g/mol. The Kier molecular flexibility index (Phi) is 6.41. The Balaban J connectivity index is 1.49. The highest BCUT2D eigenvalue weighted by Crippen LogP contribution is 2.30. The molecule has 2 aliphatic rings. The number of carbonyl (C=O) groups is 2. The number of carbonyl (C=O) groups excluding carboxylic acids is 2. The second-order valence-corrected chi connectivity index (χ2v) is 8.61. The van der Waals surface area contributed by atoms with Crippen LogP contribution in [0.25, 0.3) is 5.65 Å². The van der Waals surface area contributed by atoms with Crippen LogP contribution in [0.3, 0.4) is 0 Å². The molecule has 2 amide bonds. The quantitative estimate of drug-likeness (QED) is 0.479. The van der Waals surface area contributed by atoms with Gasteiger partial charge < -0.3 is 19.5 Å². The summed E-state index contributed by atoms with van der Waals surface area (Å²) in [5.74, 6) is -1.95. The van der Waals surface area contributed by atoms with E-state index in [-0.39, 0.29) is 35.8 Å². The maximum absolute atomic E-state index is 13.4. The number of rotatable bonds is 6. The molecule has 1 saturated heterocycles. The SMILES string of the molecule is O=C(Cn1c2c(c(=O)n3nc(C(F)(F)F)cc13)CN(CCN1CCOCC1)C2=O)Nc1ccc(F)cn1. The van der Waals surface area contributed by atoms with Gasteiger partial charge in [0.25, 0.3) is 11.5 Å². The van der Waals surface area contributed by atoms with Gasteiger partial charge in [-0.25, -0.2) is 9.37 Å².